The highest BCUT2D eigenvalue weighted by atomic mass is 15.1. The molecule has 0 aliphatic carbocycles. The maximum atomic E-state index is 4.11. The van der Waals surface area contributed by atoms with Crippen LogP contribution < -0.4 is 0 Å². The molecule has 1 heterocycles. The van der Waals surface area contributed by atoms with E-state index in [0.29, 0.717) is 0 Å². The van der Waals surface area contributed by atoms with Crippen molar-refractivity contribution in [3.8, 4) is 0 Å². The minimum absolute atomic E-state index is 1.09. The molecule has 0 unspecified atom stereocenters. The number of benzene rings is 1. The number of hydrogen-bond acceptors (Lipinski definition) is 1. The maximum absolute atomic E-state index is 4.11. The first-order valence-corrected chi connectivity index (χ1v) is 7.14. The summed E-state index contributed by atoms with van der Waals surface area (Å²) in [7, 11) is 0. The average Bonchev–Trinajstić information content (AvgIpc) is 2.57. The number of hydrogen-bond donors (Lipinski definition) is 0. The van der Waals surface area contributed by atoms with Crippen molar-refractivity contribution in [3.05, 3.63) is 41.5 Å². The number of likely N-dealkylation sites (tertiary alicyclic amines) is 1. The van der Waals surface area contributed by atoms with Gasteiger partial charge in [-0.2, -0.15) is 0 Å². The predicted octanol–water partition coefficient (Wildman–Crippen LogP) is 4.40. The third-order valence-electron chi connectivity index (χ3n) is 3.81. The van der Waals surface area contributed by atoms with Crippen LogP contribution in [0.3, 0.4) is 0 Å². The largest absolute Gasteiger partial charge is 0.299 e. The first kappa shape index (κ1) is 13.4. The average molecular weight is 243 g/mol. The zero-order chi connectivity index (χ0) is 13.0. The number of rotatable bonds is 3. The summed E-state index contributed by atoms with van der Waals surface area (Å²) in [5.41, 5.74) is 5.32. The van der Waals surface area contributed by atoms with Crippen LogP contribution in [0.25, 0.3) is 5.57 Å². The van der Waals surface area contributed by atoms with Crippen LogP contribution in [0.15, 0.2) is 24.8 Å². The molecule has 0 amide bonds. The molecule has 0 aromatic heterocycles. The van der Waals surface area contributed by atoms with E-state index in [1.807, 2.05) is 0 Å². The minimum Gasteiger partial charge on any atom is -0.299 e. The first-order valence-electron chi connectivity index (χ1n) is 7.14. The van der Waals surface area contributed by atoms with Gasteiger partial charge in [0, 0.05) is 6.54 Å². The summed E-state index contributed by atoms with van der Waals surface area (Å²) in [6.07, 6.45) is 5.51. The second kappa shape index (κ2) is 6.19. The van der Waals surface area contributed by atoms with Gasteiger partial charge in [0.05, 0.1) is 0 Å². The van der Waals surface area contributed by atoms with Crippen LogP contribution in [-0.2, 0) is 6.54 Å². The van der Waals surface area contributed by atoms with Crippen molar-refractivity contribution in [1.29, 1.82) is 0 Å². The van der Waals surface area contributed by atoms with Crippen LogP contribution in [0.1, 0.15) is 49.3 Å². The number of nitrogens with zero attached hydrogens (tertiary/aromatic N) is 1. The Morgan fingerprint density at radius 3 is 2.44 bits per heavy atom. The zero-order valence-electron chi connectivity index (χ0n) is 11.8. The Morgan fingerprint density at radius 2 is 1.83 bits per heavy atom. The van der Waals surface area contributed by atoms with Gasteiger partial charge in [0.15, 0.2) is 0 Å². The standard InChI is InChI=1S/C17H25N/c1-14(2)17-9-8-15(3)12-16(17)13-18-10-6-4-5-7-11-18/h8-9,12H,1,4-7,10-11,13H2,2-3H3. The lowest BCUT2D eigenvalue weighted by Crippen LogP contribution is -2.24. The number of aryl methyl sites for hydroxylation is 1. The van der Waals surface area contributed by atoms with Crippen LogP contribution in [-0.4, -0.2) is 18.0 Å². The summed E-state index contributed by atoms with van der Waals surface area (Å²) in [6.45, 7) is 12.0. The second-order valence-electron chi connectivity index (χ2n) is 5.63. The van der Waals surface area contributed by atoms with E-state index in [0.717, 1.165) is 6.54 Å². The molecule has 0 N–H and O–H groups in total. The van der Waals surface area contributed by atoms with E-state index in [4.69, 9.17) is 0 Å². The van der Waals surface area contributed by atoms with E-state index < -0.39 is 0 Å². The molecule has 0 atom stereocenters. The molecule has 1 saturated heterocycles. The van der Waals surface area contributed by atoms with Crippen molar-refractivity contribution >= 4 is 5.57 Å². The van der Waals surface area contributed by atoms with Crippen molar-refractivity contribution < 1.29 is 0 Å². The van der Waals surface area contributed by atoms with Gasteiger partial charge in [0.25, 0.3) is 0 Å². The summed E-state index contributed by atoms with van der Waals surface area (Å²) < 4.78 is 0. The molecule has 1 aromatic carbocycles. The minimum atomic E-state index is 1.09. The molecule has 1 nitrogen and oxygen atoms in total. The van der Waals surface area contributed by atoms with Crippen LogP contribution in [0.5, 0.6) is 0 Å². The molecular weight excluding hydrogens is 218 g/mol. The molecular formula is C17H25N. The Kier molecular flexibility index (Phi) is 4.60. The molecule has 2 rings (SSSR count). The van der Waals surface area contributed by atoms with Crippen LogP contribution in [0.4, 0.5) is 0 Å². The van der Waals surface area contributed by atoms with Gasteiger partial charge >= 0.3 is 0 Å². The second-order valence-corrected chi connectivity index (χ2v) is 5.63. The third kappa shape index (κ3) is 3.46. The SMILES string of the molecule is C=C(C)c1ccc(C)cc1CN1CCCCCC1. The topological polar surface area (TPSA) is 3.24 Å². The van der Waals surface area contributed by atoms with E-state index in [-0.39, 0.29) is 0 Å². The molecule has 18 heavy (non-hydrogen) atoms. The quantitative estimate of drug-likeness (QED) is 0.760. The van der Waals surface area contributed by atoms with E-state index in [9.17, 15) is 0 Å². The lowest BCUT2D eigenvalue weighted by molar-refractivity contribution is 0.277. The lowest BCUT2D eigenvalue weighted by atomic mass is 9.99. The summed E-state index contributed by atoms with van der Waals surface area (Å²) in [4.78, 5) is 2.61. The van der Waals surface area contributed by atoms with Crippen molar-refractivity contribution in [2.45, 2.75) is 46.1 Å². The first-order chi connectivity index (χ1) is 8.66. The normalized spacial score (nSPS) is 17.4. The molecule has 1 aromatic rings. The van der Waals surface area contributed by atoms with E-state index in [2.05, 4.69) is 43.5 Å². The van der Waals surface area contributed by atoms with Crippen molar-refractivity contribution in [2.75, 3.05) is 13.1 Å². The van der Waals surface area contributed by atoms with Gasteiger partial charge in [-0.1, -0.05) is 48.8 Å². The smallest absolute Gasteiger partial charge is 0.0239 e. The fourth-order valence-corrected chi connectivity index (χ4v) is 2.80. The zero-order valence-corrected chi connectivity index (χ0v) is 11.8. The fraction of sp³-hybridized carbons (Fsp3) is 0.529. The van der Waals surface area contributed by atoms with E-state index in [1.54, 1.807) is 0 Å². The van der Waals surface area contributed by atoms with Gasteiger partial charge in [-0.15, -0.1) is 0 Å². The van der Waals surface area contributed by atoms with Gasteiger partial charge in [-0.3, -0.25) is 4.90 Å². The van der Waals surface area contributed by atoms with Crippen LogP contribution >= 0.6 is 0 Å². The molecule has 0 saturated carbocycles. The van der Waals surface area contributed by atoms with E-state index >= 15 is 0 Å². The molecule has 1 heteroatoms. The maximum Gasteiger partial charge on any atom is 0.0239 e. The molecule has 98 valence electrons. The van der Waals surface area contributed by atoms with Crippen molar-refractivity contribution in [3.63, 3.8) is 0 Å². The van der Waals surface area contributed by atoms with Gasteiger partial charge in [-0.05, 0) is 50.9 Å². The Morgan fingerprint density at radius 1 is 1.17 bits per heavy atom. The Hall–Kier alpha value is -1.08. The monoisotopic (exact) mass is 243 g/mol. The molecule has 0 bridgehead atoms. The fourth-order valence-electron chi connectivity index (χ4n) is 2.80. The molecule has 0 spiro atoms. The third-order valence-corrected chi connectivity index (χ3v) is 3.81. The van der Waals surface area contributed by atoms with Gasteiger partial charge in [0.2, 0.25) is 0 Å². The summed E-state index contributed by atoms with van der Waals surface area (Å²) in [6, 6.07) is 6.75. The Bertz CT molecular complexity index is 412. The highest BCUT2D eigenvalue weighted by Gasteiger charge is 2.12. The van der Waals surface area contributed by atoms with Gasteiger partial charge < -0.3 is 0 Å². The van der Waals surface area contributed by atoms with Crippen LogP contribution in [0.2, 0.25) is 0 Å². The lowest BCUT2D eigenvalue weighted by Gasteiger charge is -2.22. The van der Waals surface area contributed by atoms with Crippen LogP contribution in [0, 0.1) is 6.92 Å². The summed E-state index contributed by atoms with van der Waals surface area (Å²) >= 11 is 0. The summed E-state index contributed by atoms with van der Waals surface area (Å²) in [5, 5.41) is 0. The Balaban J connectivity index is 2.15. The highest BCUT2D eigenvalue weighted by Crippen LogP contribution is 2.22. The Labute approximate surface area is 112 Å². The molecule has 1 aliphatic heterocycles. The van der Waals surface area contributed by atoms with Crippen molar-refractivity contribution in [2.24, 2.45) is 0 Å². The molecule has 0 radical (unpaired) electrons. The highest BCUT2D eigenvalue weighted by molar-refractivity contribution is 5.64. The predicted molar refractivity (Wildman–Crippen MR) is 79.6 cm³/mol. The van der Waals surface area contributed by atoms with E-state index in [1.165, 1.54) is 61.0 Å². The summed E-state index contributed by atoms with van der Waals surface area (Å²) in [5.74, 6) is 0. The van der Waals surface area contributed by atoms with Gasteiger partial charge in [-0.25, -0.2) is 0 Å². The number of allylic oxidation sites excluding steroid dienone is 1. The molecule has 1 fully saturated rings. The van der Waals surface area contributed by atoms with Crippen molar-refractivity contribution in [1.82, 2.24) is 4.90 Å². The van der Waals surface area contributed by atoms with Gasteiger partial charge in [0.1, 0.15) is 0 Å². The molecule has 1 aliphatic rings.